The first-order chi connectivity index (χ1) is 5.97. The summed E-state index contributed by atoms with van der Waals surface area (Å²) in [5.41, 5.74) is 2.50. The molecule has 0 bridgehead atoms. The first kappa shape index (κ1) is 13.1. The molecule has 2 aromatic carbocycles. The molecular weight excluding hydrogens is 222 g/mol. The second-order valence-corrected chi connectivity index (χ2v) is 2.65. The molecule has 0 aliphatic rings. The summed E-state index contributed by atoms with van der Waals surface area (Å²) in [6.07, 6.45) is 0. The fourth-order valence-electron chi connectivity index (χ4n) is 1.21. The van der Waals surface area contributed by atoms with Gasteiger partial charge in [-0.3, -0.25) is 0 Å². The second kappa shape index (κ2) is 6.51. The molecular formula is C13H12Zn. The minimum atomic E-state index is 0. The van der Waals surface area contributed by atoms with Crippen LogP contribution < -0.4 is 0 Å². The summed E-state index contributed by atoms with van der Waals surface area (Å²) in [6.45, 7) is 0. The van der Waals surface area contributed by atoms with Crippen LogP contribution in [-0.2, 0) is 19.5 Å². The van der Waals surface area contributed by atoms with E-state index < -0.39 is 0 Å². The number of benzene rings is 2. The molecule has 0 aromatic heterocycles. The van der Waals surface area contributed by atoms with Gasteiger partial charge in [-0.25, -0.2) is 0 Å². The summed E-state index contributed by atoms with van der Waals surface area (Å²) in [4.78, 5) is 0. The van der Waals surface area contributed by atoms with Crippen LogP contribution in [0.25, 0.3) is 11.1 Å². The van der Waals surface area contributed by atoms with Crippen molar-refractivity contribution < 1.29 is 19.5 Å². The SMILES string of the molecule is [CH3-].[Zn+2].[c-]1ccc(-c2ccccc2)cc1. The van der Waals surface area contributed by atoms with Crippen LogP contribution in [0.5, 0.6) is 0 Å². The molecule has 0 N–H and O–H groups in total. The third kappa shape index (κ3) is 3.08. The maximum Gasteiger partial charge on any atom is 2.00 e. The van der Waals surface area contributed by atoms with Gasteiger partial charge in [-0.05, 0) is 5.56 Å². The Hall–Kier alpha value is -0.937. The number of hydrogen-bond acceptors (Lipinski definition) is 0. The van der Waals surface area contributed by atoms with E-state index in [0.717, 1.165) is 0 Å². The van der Waals surface area contributed by atoms with E-state index >= 15 is 0 Å². The van der Waals surface area contributed by atoms with Crippen molar-refractivity contribution in [1.82, 2.24) is 0 Å². The minimum Gasteiger partial charge on any atom is -0.358 e. The van der Waals surface area contributed by atoms with Crippen molar-refractivity contribution in [3.8, 4) is 11.1 Å². The van der Waals surface area contributed by atoms with Gasteiger partial charge >= 0.3 is 19.5 Å². The zero-order valence-electron chi connectivity index (χ0n) is 8.40. The van der Waals surface area contributed by atoms with Crippen molar-refractivity contribution in [2.45, 2.75) is 0 Å². The molecule has 0 aliphatic carbocycles. The van der Waals surface area contributed by atoms with Crippen LogP contribution in [-0.4, -0.2) is 0 Å². The topological polar surface area (TPSA) is 0 Å². The molecule has 14 heavy (non-hydrogen) atoms. The van der Waals surface area contributed by atoms with E-state index in [0.29, 0.717) is 0 Å². The van der Waals surface area contributed by atoms with E-state index in [1.54, 1.807) is 0 Å². The third-order valence-corrected chi connectivity index (χ3v) is 1.83. The average molecular weight is 234 g/mol. The molecule has 0 spiro atoms. The zero-order valence-corrected chi connectivity index (χ0v) is 11.4. The molecule has 1 heteroatoms. The van der Waals surface area contributed by atoms with Crippen LogP contribution in [0.1, 0.15) is 0 Å². The van der Waals surface area contributed by atoms with E-state index in [1.165, 1.54) is 11.1 Å². The molecule has 0 aliphatic heterocycles. The molecule has 0 saturated heterocycles. The molecule has 0 radical (unpaired) electrons. The van der Waals surface area contributed by atoms with E-state index in [-0.39, 0.29) is 26.9 Å². The van der Waals surface area contributed by atoms with Gasteiger partial charge in [-0.15, -0.1) is 5.56 Å². The molecule has 0 unspecified atom stereocenters. The van der Waals surface area contributed by atoms with Gasteiger partial charge in [-0.2, -0.15) is 30.3 Å². The van der Waals surface area contributed by atoms with Crippen LogP contribution in [0.4, 0.5) is 0 Å². The van der Waals surface area contributed by atoms with E-state index in [2.05, 4.69) is 30.3 Å². The Morgan fingerprint density at radius 2 is 1.21 bits per heavy atom. The first-order valence-electron chi connectivity index (χ1n) is 3.98. The number of rotatable bonds is 1. The summed E-state index contributed by atoms with van der Waals surface area (Å²) in [5.74, 6) is 0. The van der Waals surface area contributed by atoms with Gasteiger partial charge in [0.1, 0.15) is 0 Å². The van der Waals surface area contributed by atoms with Crippen molar-refractivity contribution in [2.24, 2.45) is 0 Å². The zero-order chi connectivity index (χ0) is 8.23. The molecule has 66 valence electrons. The largest absolute Gasteiger partial charge is 2.00 e. The average Bonchev–Trinajstić information content (AvgIpc) is 2.21. The molecule has 0 saturated carbocycles. The van der Waals surface area contributed by atoms with Gasteiger partial charge in [0.2, 0.25) is 0 Å². The molecule has 0 nitrogen and oxygen atoms in total. The van der Waals surface area contributed by atoms with E-state index in [9.17, 15) is 0 Å². The predicted octanol–water partition coefficient (Wildman–Crippen LogP) is 3.60. The Balaban J connectivity index is 0.000000845. The molecule has 0 fully saturated rings. The summed E-state index contributed by atoms with van der Waals surface area (Å²) < 4.78 is 0. The second-order valence-electron chi connectivity index (χ2n) is 2.65. The van der Waals surface area contributed by atoms with Crippen LogP contribution in [0.2, 0.25) is 0 Å². The standard InChI is InChI=1S/C12H9.CH3.Zn/c1-3-7-11(8-4-1)12-9-5-2-6-10-12;;/h1,3-10H;1H3;/q2*-1;+2. The monoisotopic (exact) mass is 232 g/mol. The maximum absolute atomic E-state index is 3.00. The molecule has 2 aromatic rings. The Kier molecular flexibility index (Phi) is 6.07. The Bertz CT molecular complexity index is 303. The number of hydrogen-bond donors (Lipinski definition) is 0. The fourth-order valence-corrected chi connectivity index (χ4v) is 1.21. The van der Waals surface area contributed by atoms with Crippen molar-refractivity contribution in [1.29, 1.82) is 0 Å². The smallest absolute Gasteiger partial charge is 0.358 e. The van der Waals surface area contributed by atoms with Gasteiger partial charge in [0.05, 0.1) is 0 Å². The molecule has 0 atom stereocenters. The normalized spacial score (nSPS) is 8.29. The van der Waals surface area contributed by atoms with Crippen molar-refractivity contribution >= 4 is 0 Å². The Morgan fingerprint density at radius 1 is 0.714 bits per heavy atom. The van der Waals surface area contributed by atoms with Crippen LogP contribution in [0, 0.1) is 13.5 Å². The van der Waals surface area contributed by atoms with Gasteiger partial charge < -0.3 is 7.43 Å². The third-order valence-electron chi connectivity index (χ3n) is 1.83. The Morgan fingerprint density at radius 3 is 1.79 bits per heavy atom. The Labute approximate surface area is 98.7 Å². The summed E-state index contributed by atoms with van der Waals surface area (Å²) in [6, 6.07) is 21.3. The molecule has 0 heterocycles. The molecule has 2 rings (SSSR count). The van der Waals surface area contributed by atoms with E-state index in [1.807, 2.05) is 30.3 Å². The first-order valence-corrected chi connectivity index (χ1v) is 3.98. The quantitative estimate of drug-likeness (QED) is 0.522. The summed E-state index contributed by atoms with van der Waals surface area (Å²) in [7, 11) is 0. The van der Waals surface area contributed by atoms with Gasteiger partial charge in [0.15, 0.2) is 0 Å². The summed E-state index contributed by atoms with van der Waals surface area (Å²) in [5, 5.41) is 0. The maximum atomic E-state index is 3.00. The van der Waals surface area contributed by atoms with Crippen LogP contribution >= 0.6 is 0 Å². The van der Waals surface area contributed by atoms with Crippen molar-refractivity contribution in [2.75, 3.05) is 0 Å². The van der Waals surface area contributed by atoms with E-state index in [4.69, 9.17) is 0 Å². The van der Waals surface area contributed by atoms with Crippen LogP contribution in [0.15, 0.2) is 54.6 Å². The minimum absolute atomic E-state index is 0. The van der Waals surface area contributed by atoms with Gasteiger partial charge in [-0.1, -0.05) is 30.3 Å². The fraction of sp³-hybridized carbons (Fsp3) is 0. The van der Waals surface area contributed by atoms with Crippen molar-refractivity contribution in [3.05, 3.63) is 68.1 Å². The predicted molar refractivity (Wildman–Crippen MR) is 57.1 cm³/mol. The van der Waals surface area contributed by atoms with Crippen molar-refractivity contribution in [3.63, 3.8) is 0 Å². The van der Waals surface area contributed by atoms with Crippen LogP contribution in [0.3, 0.4) is 0 Å². The van der Waals surface area contributed by atoms with Gasteiger partial charge in [0.25, 0.3) is 0 Å². The summed E-state index contributed by atoms with van der Waals surface area (Å²) >= 11 is 0. The van der Waals surface area contributed by atoms with Gasteiger partial charge in [0, 0.05) is 0 Å². The molecule has 0 amide bonds.